The number of methoxy groups -OCH3 is 1. The topological polar surface area (TPSA) is 54.1 Å². The Labute approximate surface area is 129 Å². The Balaban J connectivity index is 1.89. The number of carbonyl (C=O) groups is 1. The van der Waals surface area contributed by atoms with Crippen LogP contribution in [0.25, 0.3) is 10.9 Å². The lowest BCUT2D eigenvalue weighted by molar-refractivity contribution is 0.102. The molecule has 0 aliphatic heterocycles. The molecule has 0 fully saturated rings. The van der Waals surface area contributed by atoms with Gasteiger partial charge in [0.25, 0.3) is 5.91 Å². The predicted molar refractivity (Wildman–Crippen MR) is 88.7 cm³/mol. The van der Waals surface area contributed by atoms with E-state index in [0.717, 1.165) is 16.6 Å². The third kappa shape index (κ3) is 2.55. The van der Waals surface area contributed by atoms with E-state index < -0.39 is 0 Å². The fourth-order valence-corrected chi connectivity index (χ4v) is 2.51. The molecule has 0 spiro atoms. The molecule has 22 heavy (non-hydrogen) atoms. The number of benzene rings is 2. The van der Waals surface area contributed by atoms with Crippen LogP contribution in [-0.4, -0.2) is 18.0 Å². The fraction of sp³-hybridized carbons (Fsp3) is 0.167. The van der Waals surface area contributed by atoms with Gasteiger partial charge in [-0.15, -0.1) is 0 Å². The second kappa shape index (κ2) is 5.56. The molecular weight excluding hydrogens is 276 g/mol. The van der Waals surface area contributed by atoms with E-state index in [1.54, 1.807) is 13.2 Å². The van der Waals surface area contributed by atoms with E-state index in [-0.39, 0.29) is 5.91 Å². The molecule has 1 heterocycles. The number of hydrogen-bond acceptors (Lipinski definition) is 2. The van der Waals surface area contributed by atoms with Gasteiger partial charge in [0.2, 0.25) is 0 Å². The molecule has 0 saturated carbocycles. The molecule has 0 atom stereocenters. The van der Waals surface area contributed by atoms with Gasteiger partial charge in [-0.3, -0.25) is 4.79 Å². The van der Waals surface area contributed by atoms with Gasteiger partial charge in [-0.25, -0.2) is 0 Å². The molecule has 0 aliphatic rings. The van der Waals surface area contributed by atoms with Crippen molar-refractivity contribution in [2.24, 2.45) is 0 Å². The molecule has 3 rings (SSSR count). The van der Waals surface area contributed by atoms with Crippen LogP contribution < -0.4 is 10.1 Å². The fourth-order valence-electron chi connectivity index (χ4n) is 2.51. The summed E-state index contributed by atoms with van der Waals surface area (Å²) in [7, 11) is 1.60. The first-order chi connectivity index (χ1) is 10.6. The molecule has 0 radical (unpaired) electrons. The first-order valence-electron chi connectivity index (χ1n) is 7.13. The van der Waals surface area contributed by atoms with Crippen LogP contribution in [0.3, 0.4) is 0 Å². The van der Waals surface area contributed by atoms with Gasteiger partial charge in [0.1, 0.15) is 5.75 Å². The van der Waals surface area contributed by atoms with E-state index in [2.05, 4.69) is 17.2 Å². The standard InChI is InChI=1S/C18H18N2O2/c1-11-12(2)19-17-8-7-13(9-16(11)17)18(21)20-14-5-4-6-15(10-14)22-3/h4-10,19H,1-3H3,(H,20,21). The van der Waals surface area contributed by atoms with Crippen LogP contribution in [0.2, 0.25) is 0 Å². The molecule has 4 nitrogen and oxygen atoms in total. The number of amides is 1. The second-order valence-electron chi connectivity index (χ2n) is 5.32. The maximum absolute atomic E-state index is 12.4. The number of aromatic nitrogens is 1. The van der Waals surface area contributed by atoms with E-state index in [4.69, 9.17) is 4.74 Å². The third-order valence-corrected chi connectivity index (χ3v) is 3.90. The summed E-state index contributed by atoms with van der Waals surface area (Å²) in [6, 6.07) is 13.0. The summed E-state index contributed by atoms with van der Waals surface area (Å²) in [5, 5.41) is 3.97. The Morgan fingerprint density at radius 3 is 2.73 bits per heavy atom. The van der Waals surface area contributed by atoms with Crippen LogP contribution in [0.5, 0.6) is 5.75 Å². The maximum atomic E-state index is 12.4. The predicted octanol–water partition coefficient (Wildman–Crippen LogP) is 4.05. The highest BCUT2D eigenvalue weighted by molar-refractivity contribution is 6.06. The van der Waals surface area contributed by atoms with Crippen LogP contribution >= 0.6 is 0 Å². The van der Waals surface area contributed by atoms with Gasteiger partial charge in [0.05, 0.1) is 7.11 Å². The van der Waals surface area contributed by atoms with Crippen LogP contribution in [0, 0.1) is 13.8 Å². The van der Waals surface area contributed by atoms with Crippen LogP contribution in [0.15, 0.2) is 42.5 Å². The summed E-state index contributed by atoms with van der Waals surface area (Å²) >= 11 is 0. The number of aromatic amines is 1. The monoisotopic (exact) mass is 294 g/mol. The normalized spacial score (nSPS) is 10.7. The van der Waals surface area contributed by atoms with Crippen molar-refractivity contribution in [3.05, 3.63) is 59.3 Å². The lowest BCUT2D eigenvalue weighted by atomic mass is 10.1. The van der Waals surface area contributed by atoms with E-state index in [0.29, 0.717) is 17.0 Å². The molecule has 0 aliphatic carbocycles. The zero-order valence-electron chi connectivity index (χ0n) is 12.9. The largest absolute Gasteiger partial charge is 0.497 e. The number of carbonyl (C=O) groups excluding carboxylic acids is 1. The van der Waals surface area contributed by atoms with E-state index >= 15 is 0 Å². The highest BCUT2D eigenvalue weighted by atomic mass is 16.5. The number of rotatable bonds is 3. The van der Waals surface area contributed by atoms with Crippen LogP contribution in [-0.2, 0) is 0 Å². The highest BCUT2D eigenvalue weighted by Gasteiger charge is 2.10. The van der Waals surface area contributed by atoms with Crippen molar-refractivity contribution < 1.29 is 9.53 Å². The van der Waals surface area contributed by atoms with Gasteiger partial charge in [-0.2, -0.15) is 0 Å². The SMILES string of the molecule is COc1cccc(NC(=O)c2ccc3[nH]c(C)c(C)c3c2)c1. The first kappa shape index (κ1) is 14.2. The lowest BCUT2D eigenvalue weighted by Gasteiger charge is -2.07. The number of aryl methyl sites for hydroxylation is 2. The molecule has 3 aromatic rings. The summed E-state index contributed by atoms with van der Waals surface area (Å²) in [6.07, 6.45) is 0. The smallest absolute Gasteiger partial charge is 0.255 e. The molecule has 112 valence electrons. The summed E-state index contributed by atoms with van der Waals surface area (Å²) in [6.45, 7) is 4.09. The van der Waals surface area contributed by atoms with Crippen molar-refractivity contribution >= 4 is 22.5 Å². The van der Waals surface area contributed by atoms with Crippen molar-refractivity contribution in [1.82, 2.24) is 4.98 Å². The molecule has 4 heteroatoms. The highest BCUT2D eigenvalue weighted by Crippen LogP contribution is 2.23. The zero-order chi connectivity index (χ0) is 15.7. The number of H-pyrrole nitrogens is 1. The number of nitrogens with one attached hydrogen (secondary N) is 2. The van der Waals surface area contributed by atoms with Gasteiger partial charge >= 0.3 is 0 Å². The summed E-state index contributed by atoms with van der Waals surface area (Å²) < 4.78 is 5.16. The van der Waals surface area contributed by atoms with Gasteiger partial charge in [0.15, 0.2) is 0 Å². The van der Waals surface area contributed by atoms with Crippen molar-refractivity contribution in [2.75, 3.05) is 12.4 Å². The van der Waals surface area contributed by atoms with E-state index in [9.17, 15) is 4.79 Å². The molecule has 1 aromatic heterocycles. The molecule has 0 unspecified atom stereocenters. The average molecular weight is 294 g/mol. The number of anilines is 1. The number of hydrogen-bond donors (Lipinski definition) is 2. The molecular formula is C18H18N2O2. The van der Waals surface area contributed by atoms with Crippen LogP contribution in [0.4, 0.5) is 5.69 Å². The quantitative estimate of drug-likeness (QED) is 0.765. The summed E-state index contributed by atoms with van der Waals surface area (Å²) in [5.41, 5.74) is 4.70. The van der Waals surface area contributed by atoms with Gasteiger partial charge in [-0.05, 0) is 49.7 Å². The number of fused-ring (bicyclic) bond motifs is 1. The minimum Gasteiger partial charge on any atom is -0.497 e. The molecule has 0 saturated heterocycles. The Kier molecular flexibility index (Phi) is 3.59. The van der Waals surface area contributed by atoms with Crippen molar-refractivity contribution in [1.29, 1.82) is 0 Å². The Hall–Kier alpha value is -2.75. The summed E-state index contributed by atoms with van der Waals surface area (Å²) in [4.78, 5) is 15.7. The minimum atomic E-state index is -0.131. The lowest BCUT2D eigenvalue weighted by Crippen LogP contribution is -2.11. The molecule has 2 N–H and O–H groups in total. The zero-order valence-corrected chi connectivity index (χ0v) is 12.9. The average Bonchev–Trinajstić information content (AvgIpc) is 2.82. The minimum absolute atomic E-state index is 0.131. The van der Waals surface area contributed by atoms with Gasteiger partial charge < -0.3 is 15.0 Å². The Bertz CT molecular complexity index is 849. The summed E-state index contributed by atoms with van der Waals surface area (Å²) in [5.74, 6) is 0.582. The third-order valence-electron chi connectivity index (χ3n) is 3.90. The number of ether oxygens (including phenoxy) is 1. The molecule has 0 bridgehead atoms. The van der Waals surface area contributed by atoms with Crippen molar-refractivity contribution in [2.45, 2.75) is 13.8 Å². The van der Waals surface area contributed by atoms with E-state index in [1.165, 1.54) is 5.56 Å². The second-order valence-corrected chi connectivity index (χ2v) is 5.32. The van der Waals surface area contributed by atoms with E-state index in [1.807, 2.05) is 43.3 Å². The van der Waals surface area contributed by atoms with Crippen molar-refractivity contribution in [3.63, 3.8) is 0 Å². The Morgan fingerprint density at radius 1 is 1.14 bits per heavy atom. The first-order valence-corrected chi connectivity index (χ1v) is 7.13. The molecule has 2 aromatic carbocycles. The molecule has 1 amide bonds. The Morgan fingerprint density at radius 2 is 1.95 bits per heavy atom. The maximum Gasteiger partial charge on any atom is 0.255 e. The van der Waals surface area contributed by atoms with Crippen LogP contribution in [0.1, 0.15) is 21.6 Å². The van der Waals surface area contributed by atoms with Gasteiger partial charge in [-0.1, -0.05) is 6.07 Å². The van der Waals surface area contributed by atoms with Crippen molar-refractivity contribution in [3.8, 4) is 5.75 Å². The van der Waals surface area contributed by atoms with Gasteiger partial charge in [0, 0.05) is 33.9 Å².